The van der Waals surface area contributed by atoms with Crippen LogP contribution in [0.1, 0.15) is 47.0 Å². The van der Waals surface area contributed by atoms with E-state index in [0.29, 0.717) is 12.8 Å². The molecule has 1 fully saturated rings. The molecule has 2 amide bonds. The summed E-state index contributed by atoms with van der Waals surface area (Å²) in [6.07, 6.45) is -0.940. The number of ether oxygens (including phenoxy) is 2. The first-order chi connectivity index (χ1) is 14.5. The minimum Gasteiger partial charge on any atom is -0.481 e. The number of alkyl carbamates (subject to hydrolysis) is 1. The lowest BCUT2D eigenvalue weighted by molar-refractivity contribution is -0.149. The largest absolute Gasteiger partial charge is 0.481 e. The van der Waals surface area contributed by atoms with Gasteiger partial charge in [0.25, 0.3) is 0 Å². The third-order valence-corrected chi connectivity index (χ3v) is 5.39. The van der Waals surface area contributed by atoms with Gasteiger partial charge in [-0.2, -0.15) is 0 Å². The first kappa shape index (κ1) is 26.1. The van der Waals surface area contributed by atoms with Crippen molar-refractivity contribution in [2.45, 2.75) is 65.1 Å². The van der Waals surface area contributed by atoms with E-state index < -0.39 is 54.8 Å². The SMILES string of the molecule is CCC(CC)C(NC(C)=O)[C@@H]1[C@H](O)[C@@H](C(=O)O)C[C@H]1N=C(N)NC(=O)OCOC(C)=O. The first-order valence-electron chi connectivity index (χ1n) is 10.1. The second-order valence-corrected chi connectivity index (χ2v) is 7.44. The van der Waals surface area contributed by atoms with Crippen molar-refractivity contribution < 1.29 is 38.9 Å². The Labute approximate surface area is 180 Å². The number of aliphatic carboxylic acids is 1. The molecule has 176 valence electrons. The number of esters is 1. The number of nitrogens with two attached hydrogens (primary N) is 1. The quantitative estimate of drug-likeness (QED) is 0.140. The Bertz CT molecular complexity index is 694. The lowest BCUT2D eigenvalue weighted by Crippen LogP contribution is -2.51. The van der Waals surface area contributed by atoms with E-state index in [-0.39, 0.29) is 24.2 Å². The van der Waals surface area contributed by atoms with E-state index in [0.717, 1.165) is 6.92 Å². The molecule has 0 saturated heterocycles. The van der Waals surface area contributed by atoms with Crippen molar-refractivity contribution >= 4 is 29.9 Å². The predicted octanol–water partition coefficient (Wildman–Crippen LogP) is -0.0610. The van der Waals surface area contributed by atoms with Crippen molar-refractivity contribution in [1.29, 1.82) is 0 Å². The summed E-state index contributed by atoms with van der Waals surface area (Å²) in [5.41, 5.74) is 5.77. The number of hydrogen-bond acceptors (Lipinski definition) is 8. The normalized spacial score (nSPS) is 24.4. The molecule has 0 radical (unpaired) electrons. The molecule has 0 heterocycles. The minimum absolute atomic E-state index is 0.0255. The molecule has 0 spiro atoms. The number of guanidine groups is 1. The summed E-state index contributed by atoms with van der Waals surface area (Å²) in [6.45, 7) is 5.75. The van der Waals surface area contributed by atoms with Gasteiger partial charge >= 0.3 is 18.0 Å². The Morgan fingerprint density at radius 2 is 1.77 bits per heavy atom. The smallest absolute Gasteiger partial charge is 0.416 e. The van der Waals surface area contributed by atoms with Crippen LogP contribution in [0.25, 0.3) is 0 Å². The third-order valence-electron chi connectivity index (χ3n) is 5.39. The monoisotopic (exact) mass is 444 g/mol. The lowest BCUT2D eigenvalue weighted by Gasteiger charge is -2.35. The molecule has 5 atom stereocenters. The third kappa shape index (κ3) is 7.70. The Kier molecular flexibility index (Phi) is 10.2. The van der Waals surface area contributed by atoms with Crippen LogP contribution in [-0.4, -0.2) is 65.1 Å². The van der Waals surface area contributed by atoms with Gasteiger partial charge in [-0.3, -0.25) is 19.7 Å². The maximum Gasteiger partial charge on any atom is 0.416 e. The maximum absolute atomic E-state index is 11.8. The van der Waals surface area contributed by atoms with Crippen LogP contribution in [0.4, 0.5) is 4.79 Å². The van der Waals surface area contributed by atoms with Gasteiger partial charge in [0.2, 0.25) is 12.7 Å². The number of aliphatic hydroxyl groups excluding tert-OH is 1. The molecule has 0 aromatic heterocycles. The van der Waals surface area contributed by atoms with Gasteiger partial charge in [-0.1, -0.05) is 26.7 Å². The van der Waals surface area contributed by atoms with Crippen molar-refractivity contribution in [2.75, 3.05) is 6.79 Å². The summed E-state index contributed by atoms with van der Waals surface area (Å²) in [6, 6.07) is -1.31. The highest BCUT2D eigenvalue weighted by atomic mass is 16.7. The van der Waals surface area contributed by atoms with Gasteiger partial charge in [0.1, 0.15) is 0 Å². The highest BCUT2D eigenvalue weighted by Gasteiger charge is 2.50. The van der Waals surface area contributed by atoms with Crippen LogP contribution in [0.5, 0.6) is 0 Å². The van der Waals surface area contributed by atoms with Gasteiger partial charge in [-0.15, -0.1) is 0 Å². The topological polar surface area (TPSA) is 190 Å². The number of hydrogen-bond donors (Lipinski definition) is 5. The van der Waals surface area contributed by atoms with Crippen molar-refractivity contribution in [3.8, 4) is 0 Å². The summed E-state index contributed by atoms with van der Waals surface area (Å²) < 4.78 is 9.09. The zero-order valence-corrected chi connectivity index (χ0v) is 18.2. The fraction of sp³-hybridized carbons (Fsp3) is 0.737. The Morgan fingerprint density at radius 3 is 2.26 bits per heavy atom. The molecule has 0 bridgehead atoms. The summed E-state index contributed by atoms with van der Waals surface area (Å²) in [4.78, 5) is 50.1. The Morgan fingerprint density at radius 1 is 1.16 bits per heavy atom. The molecule has 0 aromatic carbocycles. The van der Waals surface area contributed by atoms with E-state index >= 15 is 0 Å². The molecule has 6 N–H and O–H groups in total. The van der Waals surface area contributed by atoms with Crippen LogP contribution < -0.4 is 16.4 Å². The van der Waals surface area contributed by atoms with Gasteiger partial charge in [-0.25, -0.2) is 9.79 Å². The number of carbonyl (C=O) groups is 4. The van der Waals surface area contributed by atoms with Gasteiger partial charge in [0, 0.05) is 25.8 Å². The number of aliphatic imine (C=N–C) groups is 1. The van der Waals surface area contributed by atoms with E-state index in [2.05, 4.69) is 25.1 Å². The van der Waals surface area contributed by atoms with Gasteiger partial charge in [-0.05, 0) is 12.3 Å². The van der Waals surface area contributed by atoms with Gasteiger partial charge < -0.3 is 30.7 Å². The van der Waals surface area contributed by atoms with Crippen LogP contribution in [0.3, 0.4) is 0 Å². The number of carboxylic acid groups (broad SMARTS) is 1. The summed E-state index contributed by atoms with van der Waals surface area (Å²) >= 11 is 0. The van der Waals surface area contributed by atoms with Crippen molar-refractivity contribution in [3.05, 3.63) is 0 Å². The molecule has 31 heavy (non-hydrogen) atoms. The van der Waals surface area contributed by atoms with Crippen LogP contribution in [0, 0.1) is 17.8 Å². The summed E-state index contributed by atoms with van der Waals surface area (Å²) in [5, 5.41) is 25.3. The fourth-order valence-electron chi connectivity index (χ4n) is 3.97. The predicted molar refractivity (Wildman–Crippen MR) is 109 cm³/mol. The minimum atomic E-state index is -1.27. The van der Waals surface area contributed by atoms with E-state index in [4.69, 9.17) is 5.73 Å². The van der Waals surface area contributed by atoms with E-state index in [1.807, 2.05) is 13.8 Å². The second-order valence-electron chi connectivity index (χ2n) is 7.44. The molecule has 12 heteroatoms. The molecule has 1 saturated carbocycles. The molecule has 0 aliphatic heterocycles. The Balaban J connectivity index is 3.10. The average Bonchev–Trinajstić information content (AvgIpc) is 2.97. The average molecular weight is 444 g/mol. The number of rotatable bonds is 9. The zero-order chi connectivity index (χ0) is 23.7. The fourth-order valence-corrected chi connectivity index (χ4v) is 3.97. The van der Waals surface area contributed by atoms with Crippen LogP contribution in [0.15, 0.2) is 4.99 Å². The van der Waals surface area contributed by atoms with Crippen LogP contribution >= 0.6 is 0 Å². The van der Waals surface area contributed by atoms with Crippen molar-refractivity contribution in [3.63, 3.8) is 0 Å². The van der Waals surface area contributed by atoms with Gasteiger partial charge in [0.05, 0.1) is 18.1 Å². The number of carboxylic acids is 1. The maximum atomic E-state index is 11.8. The summed E-state index contributed by atoms with van der Waals surface area (Å²) in [5.74, 6) is -4.36. The number of nitrogens with one attached hydrogen (secondary N) is 2. The van der Waals surface area contributed by atoms with E-state index in [1.54, 1.807) is 0 Å². The highest BCUT2D eigenvalue weighted by molar-refractivity contribution is 5.93. The molecule has 1 aliphatic carbocycles. The molecule has 1 unspecified atom stereocenters. The lowest BCUT2D eigenvalue weighted by atomic mass is 9.80. The highest BCUT2D eigenvalue weighted by Crippen LogP contribution is 2.39. The van der Waals surface area contributed by atoms with Crippen LogP contribution in [-0.2, 0) is 23.9 Å². The molecule has 1 rings (SSSR count). The van der Waals surface area contributed by atoms with E-state index in [1.165, 1.54) is 6.92 Å². The van der Waals surface area contributed by atoms with Gasteiger partial charge in [0.15, 0.2) is 5.96 Å². The van der Waals surface area contributed by atoms with Crippen LogP contribution in [0.2, 0.25) is 0 Å². The Hall–Kier alpha value is -2.89. The second kappa shape index (κ2) is 12.1. The molecule has 1 aliphatic rings. The number of aliphatic hydroxyl groups is 1. The zero-order valence-electron chi connectivity index (χ0n) is 18.2. The number of carbonyl (C=O) groups excluding carboxylic acids is 3. The van der Waals surface area contributed by atoms with E-state index in [9.17, 15) is 29.4 Å². The molecule has 12 nitrogen and oxygen atoms in total. The molecule has 0 aromatic rings. The molecular formula is C19H32N4O8. The summed E-state index contributed by atoms with van der Waals surface area (Å²) in [7, 11) is 0. The van der Waals surface area contributed by atoms with Crippen molar-refractivity contribution in [2.24, 2.45) is 28.5 Å². The standard InChI is InChI=1S/C19H32N4O8/c1-5-11(6-2)15(21-9(3)24)14-13(7-12(16(14)26)17(27)28)22-18(20)23-19(29)31-8-30-10(4)25/h11-16,26H,5-8H2,1-4H3,(H,21,24)(H,27,28)(H3,20,22,23,29)/t12-,13+,14+,15?,16+/m0/s1. The van der Waals surface area contributed by atoms with Crippen molar-refractivity contribution in [1.82, 2.24) is 10.6 Å². The number of nitrogens with zero attached hydrogens (tertiary/aromatic N) is 1. The number of amides is 2. The molecular weight excluding hydrogens is 412 g/mol. The first-order valence-corrected chi connectivity index (χ1v) is 10.1.